The van der Waals surface area contributed by atoms with E-state index < -0.39 is 0 Å². The quantitative estimate of drug-likeness (QED) is 0.562. The van der Waals surface area contributed by atoms with E-state index in [-0.39, 0.29) is 17.1 Å². The third kappa shape index (κ3) is 6.56. The number of hydrogen-bond acceptors (Lipinski definition) is 3. The second-order valence-electron chi connectivity index (χ2n) is 5.73. The number of amides is 2. The lowest BCUT2D eigenvalue weighted by Gasteiger charge is -2.13. The highest BCUT2D eigenvalue weighted by atomic mass is 35.5. The first kappa shape index (κ1) is 20.6. The molecule has 0 saturated carbocycles. The van der Waals surface area contributed by atoms with Crippen molar-refractivity contribution in [3.05, 3.63) is 52.5 Å². The molecule has 0 aliphatic rings. The number of benzene rings is 2. The number of anilines is 2. The average Bonchev–Trinajstić information content (AvgIpc) is 2.54. The Bertz CT molecular complexity index is 779. The maximum Gasteiger partial charge on any atom is 0.237 e. The van der Waals surface area contributed by atoms with Gasteiger partial charge >= 0.3 is 0 Å². The van der Waals surface area contributed by atoms with E-state index in [1.165, 1.54) is 11.8 Å². The summed E-state index contributed by atoms with van der Waals surface area (Å²) in [4.78, 5) is 25.0. The molecule has 0 radical (unpaired) electrons. The molecular weight excluding hydrogens is 391 g/mol. The molecule has 0 bridgehead atoms. The molecule has 1 unspecified atom stereocenters. The number of thioether (sulfide) groups is 1. The number of hydrogen-bond donors (Lipinski definition) is 2. The second-order valence-corrected chi connectivity index (χ2v) is 8.02. The molecular formula is C19H20Cl2N2O2S. The minimum Gasteiger partial charge on any atom is -0.326 e. The molecule has 0 heterocycles. The largest absolute Gasteiger partial charge is 0.326 e. The minimum atomic E-state index is -0.339. The predicted octanol–water partition coefficient (Wildman–Crippen LogP) is 5.85. The lowest BCUT2D eigenvalue weighted by molar-refractivity contribution is -0.116. The Labute approximate surface area is 167 Å². The third-order valence-electron chi connectivity index (χ3n) is 3.41. The normalized spacial score (nSPS) is 11.7. The summed E-state index contributed by atoms with van der Waals surface area (Å²) in [6, 6.07) is 12.3. The molecule has 0 aromatic heterocycles. The molecule has 2 N–H and O–H groups in total. The Morgan fingerprint density at radius 2 is 1.73 bits per heavy atom. The first-order valence-electron chi connectivity index (χ1n) is 8.21. The van der Waals surface area contributed by atoms with Gasteiger partial charge in [0.15, 0.2) is 0 Å². The van der Waals surface area contributed by atoms with Crippen LogP contribution in [0.15, 0.2) is 47.4 Å². The third-order valence-corrected chi connectivity index (χ3v) is 4.94. The van der Waals surface area contributed by atoms with Crippen LogP contribution in [0, 0.1) is 0 Å². The van der Waals surface area contributed by atoms with Crippen molar-refractivity contribution in [3.8, 4) is 0 Å². The maximum atomic E-state index is 12.4. The van der Waals surface area contributed by atoms with Gasteiger partial charge < -0.3 is 10.6 Å². The number of carbonyl (C=O) groups excluding carboxylic acids is 2. The summed E-state index contributed by atoms with van der Waals surface area (Å²) in [6.07, 6.45) is 1.28. The molecule has 26 heavy (non-hydrogen) atoms. The highest BCUT2D eigenvalue weighted by molar-refractivity contribution is 8.00. The zero-order chi connectivity index (χ0) is 19.1. The summed E-state index contributed by atoms with van der Waals surface area (Å²) in [6.45, 7) is 3.77. The Hall–Kier alpha value is -1.69. The van der Waals surface area contributed by atoms with Gasteiger partial charge in [-0.3, -0.25) is 9.59 Å². The molecule has 7 heteroatoms. The lowest BCUT2D eigenvalue weighted by atomic mass is 10.3. The van der Waals surface area contributed by atoms with Crippen LogP contribution in [0.3, 0.4) is 0 Å². The first-order valence-corrected chi connectivity index (χ1v) is 9.84. The second kappa shape index (κ2) is 9.86. The summed E-state index contributed by atoms with van der Waals surface area (Å²) in [5.74, 6) is -0.174. The molecule has 4 nitrogen and oxygen atoms in total. The topological polar surface area (TPSA) is 58.2 Å². The van der Waals surface area contributed by atoms with Crippen molar-refractivity contribution in [2.24, 2.45) is 0 Å². The van der Waals surface area contributed by atoms with E-state index in [2.05, 4.69) is 10.6 Å². The highest BCUT2D eigenvalue weighted by Crippen LogP contribution is 2.28. The molecule has 2 rings (SSSR count). The number of nitrogens with one attached hydrogen (secondary N) is 2. The van der Waals surface area contributed by atoms with Gasteiger partial charge in [-0.05, 0) is 49.7 Å². The SMILES string of the molecule is CCCC(=O)Nc1cccc(SC(C)C(=O)Nc2cc(Cl)cc(Cl)c2)c1. The summed E-state index contributed by atoms with van der Waals surface area (Å²) < 4.78 is 0. The van der Waals surface area contributed by atoms with Crippen molar-refractivity contribution >= 4 is 58.2 Å². The molecule has 2 aromatic carbocycles. The van der Waals surface area contributed by atoms with Crippen LogP contribution in [-0.2, 0) is 9.59 Å². The van der Waals surface area contributed by atoms with Crippen molar-refractivity contribution < 1.29 is 9.59 Å². The fraction of sp³-hybridized carbons (Fsp3) is 0.263. The van der Waals surface area contributed by atoms with Gasteiger partial charge in [0, 0.05) is 32.7 Å². The fourth-order valence-corrected chi connectivity index (χ4v) is 3.68. The highest BCUT2D eigenvalue weighted by Gasteiger charge is 2.15. The Morgan fingerprint density at radius 1 is 1.04 bits per heavy atom. The summed E-state index contributed by atoms with van der Waals surface area (Å²) in [5, 5.41) is 6.25. The fourth-order valence-electron chi connectivity index (χ4n) is 2.23. The zero-order valence-electron chi connectivity index (χ0n) is 14.5. The Morgan fingerprint density at radius 3 is 2.38 bits per heavy atom. The Balaban J connectivity index is 1.98. The van der Waals surface area contributed by atoms with Gasteiger partial charge in [0.05, 0.1) is 5.25 Å². The van der Waals surface area contributed by atoms with E-state index in [0.717, 1.165) is 17.0 Å². The van der Waals surface area contributed by atoms with Crippen LogP contribution in [0.5, 0.6) is 0 Å². The number of halogens is 2. The van der Waals surface area contributed by atoms with Crippen LogP contribution in [0.1, 0.15) is 26.7 Å². The van der Waals surface area contributed by atoms with Crippen LogP contribution in [0.25, 0.3) is 0 Å². The van der Waals surface area contributed by atoms with E-state index in [1.807, 2.05) is 38.1 Å². The molecule has 0 aliphatic heterocycles. The van der Waals surface area contributed by atoms with Crippen molar-refractivity contribution in [1.29, 1.82) is 0 Å². The van der Waals surface area contributed by atoms with E-state index in [0.29, 0.717) is 22.2 Å². The van der Waals surface area contributed by atoms with Gasteiger partial charge in [0.25, 0.3) is 0 Å². The van der Waals surface area contributed by atoms with Gasteiger partial charge in [-0.1, -0.05) is 36.2 Å². The van der Waals surface area contributed by atoms with Crippen molar-refractivity contribution in [2.45, 2.75) is 36.8 Å². The maximum absolute atomic E-state index is 12.4. The van der Waals surface area contributed by atoms with Gasteiger partial charge in [0.1, 0.15) is 0 Å². The van der Waals surface area contributed by atoms with Crippen LogP contribution < -0.4 is 10.6 Å². The van der Waals surface area contributed by atoms with Crippen LogP contribution in [0.2, 0.25) is 10.0 Å². The van der Waals surface area contributed by atoms with Gasteiger partial charge in [0.2, 0.25) is 11.8 Å². The van der Waals surface area contributed by atoms with E-state index in [1.54, 1.807) is 18.2 Å². The molecule has 0 aliphatic carbocycles. The zero-order valence-corrected chi connectivity index (χ0v) is 16.8. The van der Waals surface area contributed by atoms with E-state index >= 15 is 0 Å². The number of carbonyl (C=O) groups is 2. The van der Waals surface area contributed by atoms with Crippen molar-refractivity contribution in [2.75, 3.05) is 10.6 Å². The van der Waals surface area contributed by atoms with E-state index in [4.69, 9.17) is 23.2 Å². The molecule has 0 fully saturated rings. The molecule has 0 saturated heterocycles. The minimum absolute atomic E-state index is 0.0155. The van der Waals surface area contributed by atoms with Crippen LogP contribution in [0.4, 0.5) is 11.4 Å². The molecule has 1 atom stereocenters. The molecule has 2 aromatic rings. The van der Waals surface area contributed by atoms with Crippen molar-refractivity contribution in [1.82, 2.24) is 0 Å². The number of rotatable bonds is 7. The molecule has 138 valence electrons. The lowest BCUT2D eigenvalue weighted by Crippen LogP contribution is -2.22. The monoisotopic (exact) mass is 410 g/mol. The Kier molecular flexibility index (Phi) is 7.82. The van der Waals surface area contributed by atoms with Gasteiger partial charge in [-0.25, -0.2) is 0 Å². The van der Waals surface area contributed by atoms with Crippen LogP contribution in [-0.4, -0.2) is 17.1 Å². The standard InChI is InChI=1S/C19H20Cl2N2O2S/c1-3-5-18(24)22-15-6-4-7-17(11-15)26-12(2)19(25)23-16-9-13(20)8-14(21)10-16/h4,6-12H,3,5H2,1-2H3,(H,22,24)(H,23,25). The summed E-state index contributed by atoms with van der Waals surface area (Å²) in [7, 11) is 0. The smallest absolute Gasteiger partial charge is 0.237 e. The average molecular weight is 411 g/mol. The first-order chi connectivity index (χ1) is 12.4. The van der Waals surface area contributed by atoms with Crippen LogP contribution >= 0.6 is 35.0 Å². The summed E-state index contributed by atoms with van der Waals surface area (Å²) in [5.41, 5.74) is 1.28. The predicted molar refractivity (Wildman–Crippen MR) is 110 cm³/mol. The van der Waals surface area contributed by atoms with Crippen molar-refractivity contribution in [3.63, 3.8) is 0 Å². The van der Waals surface area contributed by atoms with Gasteiger partial charge in [-0.15, -0.1) is 11.8 Å². The van der Waals surface area contributed by atoms with E-state index in [9.17, 15) is 9.59 Å². The van der Waals surface area contributed by atoms with Gasteiger partial charge in [-0.2, -0.15) is 0 Å². The molecule has 2 amide bonds. The molecule has 0 spiro atoms. The summed E-state index contributed by atoms with van der Waals surface area (Å²) >= 11 is 13.3.